The van der Waals surface area contributed by atoms with Crippen molar-refractivity contribution in [2.75, 3.05) is 18.8 Å². The summed E-state index contributed by atoms with van der Waals surface area (Å²) in [6, 6.07) is 5.62. The molecule has 1 aromatic heterocycles. The molecule has 2 heterocycles. The van der Waals surface area contributed by atoms with Crippen LogP contribution in [-0.4, -0.2) is 35.2 Å². The van der Waals surface area contributed by atoms with Crippen molar-refractivity contribution in [3.63, 3.8) is 0 Å². The molecular weight excluding hydrogens is 242 g/mol. The maximum absolute atomic E-state index is 5.89. The van der Waals surface area contributed by atoms with Crippen molar-refractivity contribution in [1.82, 2.24) is 9.88 Å². The van der Waals surface area contributed by atoms with Gasteiger partial charge in [0.05, 0.1) is 24.4 Å². The van der Waals surface area contributed by atoms with Crippen molar-refractivity contribution in [2.45, 2.75) is 32.6 Å². The van der Waals surface area contributed by atoms with Crippen LogP contribution in [0.3, 0.4) is 0 Å². The number of hydrogen-bond donors (Lipinski definition) is 1. The molecule has 2 aromatic rings. The van der Waals surface area contributed by atoms with Gasteiger partial charge in [0.15, 0.2) is 5.58 Å². The molecule has 1 aliphatic rings. The van der Waals surface area contributed by atoms with Crippen molar-refractivity contribution in [2.24, 2.45) is 0 Å². The quantitative estimate of drug-likeness (QED) is 0.838. The number of fused-ring (bicyclic) bond motifs is 1. The first-order valence-electron chi connectivity index (χ1n) is 6.63. The van der Waals surface area contributed by atoms with Gasteiger partial charge in [-0.05, 0) is 26.0 Å². The Morgan fingerprint density at radius 2 is 2.05 bits per heavy atom. The van der Waals surface area contributed by atoms with E-state index < -0.39 is 0 Å². The summed E-state index contributed by atoms with van der Waals surface area (Å²) in [5.41, 5.74) is 8.06. The van der Waals surface area contributed by atoms with E-state index in [0.29, 0.717) is 18.1 Å². The van der Waals surface area contributed by atoms with E-state index in [2.05, 4.69) is 23.7 Å². The SMILES string of the molecule is C[C@@H]1CN(Cc2nc3c(N)cccc3o2)C[C@H](C)O1. The largest absolute Gasteiger partial charge is 0.439 e. The molecule has 1 fully saturated rings. The van der Waals surface area contributed by atoms with Crippen molar-refractivity contribution < 1.29 is 9.15 Å². The Balaban J connectivity index is 1.79. The van der Waals surface area contributed by atoms with Gasteiger partial charge >= 0.3 is 0 Å². The number of morpholine rings is 1. The van der Waals surface area contributed by atoms with E-state index in [-0.39, 0.29) is 12.2 Å². The summed E-state index contributed by atoms with van der Waals surface area (Å²) < 4.78 is 11.5. The first-order valence-corrected chi connectivity index (χ1v) is 6.63. The fourth-order valence-corrected chi connectivity index (χ4v) is 2.69. The number of benzene rings is 1. The van der Waals surface area contributed by atoms with Gasteiger partial charge in [0.25, 0.3) is 0 Å². The zero-order chi connectivity index (χ0) is 13.4. The number of ether oxygens (including phenoxy) is 1. The normalized spacial score (nSPS) is 24.9. The van der Waals surface area contributed by atoms with E-state index in [0.717, 1.165) is 24.2 Å². The van der Waals surface area contributed by atoms with Crippen molar-refractivity contribution in [1.29, 1.82) is 0 Å². The Labute approximate surface area is 112 Å². The van der Waals surface area contributed by atoms with Crippen LogP contribution in [-0.2, 0) is 11.3 Å². The van der Waals surface area contributed by atoms with E-state index in [1.165, 1.54) is 0 Å². The molecule has 1 aliphatic heterocycles. The smallest absolute Gasteiger partial charge is 0.209 e. The predicted molar refractivity (Wildman–Crippen MR) is 73.7 cm³/mol. The number of nitrogen functional groups attached to an aromatic ring is 1. The minimum atomic E-state index is 0.248. The summed E-state index contributed by atoms with van der Waals surface area (Å²) >= 11 is 0. The summed E-state index contributed by atoms with van der Waals surface area (Å²) in [5.74, 6) is 0.717. The topological polar surface area (TPSA) is 64.5 Å². The summed E-state index contributed by atoms with van der Waals surface area (Å²) in [7, 11) is 0. The molecule has 0 saturated carbocycles. The fraction of sp³-hybridized carbons (Fsp3) is 0.500. The summed E-state index contributed by atoms with van der Waals surface area (Å²) in [6.07, 6.45) is 0.497. The monoisotopic (exact) mass is 261 g/mol. The van der Waals surface area contributed by atoms with Crippen LogP contribution in [0.15, 0.2) is 22.6 Å². The van der Waals surface area contributed by atoms with Gasteiger partial charge in [0.2, 0.25) is 5.89 Å². The van der Waals surface area contributed by atoms with E-state index in [1.807, 2.05) is 18.2 Å². The van der Waals surface area contributed by atoms with Crippen LogP contribution in [0.1, 0.15) is 19.7 Å². The Morgan fingerprint density at radius 1 is 1.32 bits per heavy atom. The van der Waals surface area contributed by atoms with E-state index in [4.69, 9.17) is 14.9 Å². The number of rotatable bonds is 2. The van der Waals surface area contributed by atoms with Crippen LogP contribution in [0.5, 0.6) is 0 Å². The first kappa shape index (κ1) is 12.4. The number of para-hydroxylation sites is 1. The maximum atomic E-state index is 5.89. The predicted octanol–water partition coefficient (Wildman–Crippen LogP) is 2.02. The number of aromatic nitrogens is 1. The first-order chi connectivity index (χ1) is 9.11. The highest BCUT2D eigenvalue weighted by atomic mass is 16.5. The van der Waals surface area contributed by atoms with E-state index in [1.54, 1.807) is 0 Å². The molecular formula is C14H19N3O2. The lowest BCUT2D eigenvalue weighted by atomic mass is 10.2. The van der Waals surface area contributed by atoms with Gasteiger partial charge in [-0.2, -0.15) is 0 Å². The Bertz CT molecular complexity index is 571. The van der Waals surface area contributed by atoms with E-state index in [9.17, 15) is 0 Å². The van der Waals surface area contributed by atoms with Crippen LogP contribution in [0.25, 0.3) is 11.1 Å². The van der Waals surface area contributed by atoms with Gasteiger partial charge in [-0.1, -0.05) is 6.07 Å². The molecule has 0 bridgehead atoms. The van der Waals surface area contributed by atoms with Crippen LogP contribution in [0.2, 0.25) is 0 Å². The molecule has 0 spiro atoms. The second kappa shape index (κ2) is 4.83. The van der Waals surface area contributed by atoms with Gasteiger partial charge in [-0.3, -0.25) is 4.90 Å². The number of anilines is 1. The lowest BCUT2D eigenvalue weighted by molar-refractivity contribution is -0.0721. The molecule has 2 atom stereocenters. The zero-order valence-electron chi connectivity index (χ0n) is 11.3. The molecule has 3 rings (SSSR count). The van der Waals surface area contributed by atoms with Gasteiger partial charge in [0.1, 0.15) is 5.52 Å². The molecule has 0 aliphatic carbocycles. The van der Waals surface area contributed by atoms with Crippen LogP contribution in [0, 0.1) is 0 Å². The number of nitrogens with zero attached hydrogens (tertiary/aromatic N) is 2. The average Bonchev–Trinajstić information content (AvgIpc) is 2.71. The average molecular weight is 261 g/mol. The van der Waals surface area contributed by atoms with Crippen LogP contribution >= 0.6 is 0 Å². The minimum absolute atomic E-state index is 0.248. The van der Waals surface area contributed by atoms with Gasteiger partial charge in [-0.25, -0.2) is 4.98 Å². The molecule has 102 valence electrons. The molecule has 5 heteroatoms. The standard InChI is InChI=1S/C14H19N3O2/c1-9-6-17(7-10(2)18-9)8-13-16-14-11(15)4-3-5-12(14)19-13/h3-5,9-10H,6-8,15H2,1-2H3/t9-,10+. The summed E-state index contributed by atoms with van der Waals surface area (Å²) in [5, 5.41) is 0. The highest BCUT2D eigenvalue weighted by Gasteiger charge is 2.23. The molecule has 0 amide bonds. The lowest BCUT2D eigenvalue weighted by Gasteiger charge is -2.34. The molecule has 1 aromatic carbocycles. The fourth-order valence-electron chi connectivity index (χ4n) is 2.69. The molecule has 5 nitrogen and oxygen atoms in total. The second-order valence-corrected chi connectivity index (χ2v) is 5.25. The lowest BCUT2D eigenvalue weighted by Crippen LogP contribution is -2.44. The second-order valence-electron chi connectivity index (χ2n) is 5.25. The summed E-state index contributed by atoms with van der Waals surface area (Å²) in [4.78, 5) is 6.79. The minimum Gasteiger partial charge on any atom is -0.439 e. The third kappa shape index (κ3) is 2.57. The van der Waals surface area contributed by atoms with Crippen LogP contribution in [0.4, 0.5) is 5.69 Å². The Morgan fingerprint density at radius 3 is 2.74 bits per heavy atom. The molecule has 19 heavy (non-hydrogen) atoms. The highest BCUT2D eigenvalue weighted by molar-refractivity contribution is 5.85. The maximum Gasteiger partial charge on any atom is 0.209 e. The zero-order valence-corrected chi connectivity index (χ0v) is 11.3. The van der Waals surface area contributed by atoms with E-state index >= 15 is 0 Å². The van der Waals surface area contributed by atoms with Gasteiger partial charge in [0, 0.05) is 13.1 Å². The van der Waals surface area contributed by atoms with Crippen molar-refractivity contribution in [3.8, 4) is 0 Å². The highest BCUT2D eigenvalue weighted by Crippen LogP contribution is 2.22. The third-order valence-electron chi connectivity index (χ3n) is 3.35. The Hall–Kier alpha value is -1.59. The Kier molecular flexibility index (Phi) is 3.16. The number of oxazole rings is 1. The van der Waals surface area contributed by atoms with Gasteiger partial charge < -0.3 is 14.9 Å². The summed E-state index contributed by atoms with van der Waals surface area (Å²) in [6.45, 7) is 6.68. The van der Waals surface area contributed by atoms with Crippen molar-refractivity contribution >= 4 is 16.8 Å². The molecule has 2 N–H and O–H groups in total. The van der Waals surface area contributed by atoms with Crippen molar-refractivity contribution in [3.05, 3.63) is 24.1 Å². The number of hydrogen-bond acceptors (Lipinski definition) is 5. The molecule has 0 unspecified atom stereocenters. The number of nitrogens with two attached hydrogens (primary N) is 1. The third-order valence-corrected chi connectivity index (χ3v) is 3.35. The molecule has 1 saturated heterocycles. The van der Waals surface area contributed by atoms with Crippen LogP contribution < -0.4 is 5.73 Å². The van der Waals surface area contributed by atoms with Gasteiger partial charge in [-0.15, -0.1) is 0 Å². The molecule has 0 radical (unpaired) electrons.